The number of carbonyl (C=O) groups excluding carboxylic acids is 1. The highest BCUT2D eigenvalue weighted by Gasteiger charge is 2.18. The third-order valence-electron chi connectivity index (χ3n) is 4.08. The number of esters is 1. The Hall–Kier alpha value is -2.22. The van der Waals surface area contributed by atoms with Gasteiger partial charge in [-0.15, -0.1) is 11.3 Å². The van der Waals surface area contributed by atoms with Gasteiger partial charge in [-0.2, -0.15) is 0 Å². The molecule has 3 aromatic rings. The van der Waals surface area contributed by atoms with Crippen LogP contribution in [0.15, 0.2) is 46.7 Å². The average Bonchev–Trinajstić information content (AvgIpc) is 2.97. The number of aryl methyl sites for hydroxylation is 1. The zero-order valence-corrected chi connectivity index (χ0v) is 15.4. The normalized spacial score (nSPS) is 11.6. The van der Waals surface area contributed by atoms with Crippen LogP contribution in [0.3, 0.4) is 0 Å². The van der Waals surface area contributed by atoms with Gasteiger partial charge < -0.3 is 4.74 Å². The zero-order valence-electron chi connectivity index (χ0n) is 13.8. The van der Waals surface area contributed by atoms with E-state index in [1.54, 1.807) is 31.3 Å². The molecule has 0 atom stereocenters. The number of ether oxygens (including phenoxy) is 1. The number of hydrogen-bond donors (Lipinski definition) is 1. The molecule has 0 fully saturated rings. The minimum atomic E-state index is -3.91. The number of nitrogens with two attached hydrogens (primary N) is 1. The molecule has 0 aliphatic rings. The molecule has 0 radical (unpaired) electrons. The number of carbonyl (C=O) groups is 1. The highest BCUT2D eigenvalue weighted by molar-refractivity contribution is 7.89. The highest BCUT2D eigenvalue weighted by Crippen LogP contribution is 2.27. The lowest BCUT2D eigenvalue weighted by molar-refractivity contribution is 0.0474. The SMILES string of the molecule is Cc1cc(C(=O)OCc2csc3ccccc23)cc(S(N)(=O)=O)c1C. The highest BCUT2D eigenvalue weighted by atomic mass is 32.2. The molecular weight excluding hydrogens is 358 g/mol. The molecule has 1 aromatic heterocycles. The maximum atomic E-state index is 12.4. The molecule has 130 valence electrons. The van der Waals surface area contributed by atoms with Crippen molar-refractivity contribution >= 4 is 37.4 Å². The van der Waals surface area contributed by atoms with Gasteiger partial charge in [0.1, 0.15) is 6.61 Å². The lowest BCUT2D eigenvalue weighted by Gasteiger charge is -2.10. The topological polar surface area (TPSA) is 86.5 Å². The maximum Gasteiger partial charge on any atom is 0.338 e. The third-order valence-corrected chi connectivity index (χ3v) is 6.13. The van der Waals surface area contributed by atoms with Gasteiger partial charge in [0.15, 0.2) is 0 Å². The Bertz CT molecular complexity index is 1070. The molecular formula is C18H17NO4S2. The van der Waals surface area contributed by atoms with Crippen molar-refractivity contribution in [2.24, 2.45) is 5.14 Å². The number of benzene rings is 2. The first-order chi connectivity index (χ1) is 11.8. The second-order valence-electron chi connectivity index (χ2n) is 5.79. The first kappa shape index (κ1) is 17.6. The summed E-state index contributed by atoms with van der Waals surface area (Å²) >= 11 is 1.58. The second kappa shape index (κ2) is 6.59. The molecule has 3 rings (SSSR count). The molecule has 25 heavy (non-hydrogen) atoms. The van der Waals surface area contributed by atoms with E-state index < -0.39 is 16.0 Å². The fourth-order valence-corrected chi connectivity index (χ4v) is 4.44. The van der Waals surface area contributed by atoms with Crippen molar-refractivity contribution < 1.29 is 17.9 Å². The minimum Gasteiger partial charge on any atom is -0.457 e. The predicted molar refractivity (Wildman–Crippen MR) is 98.2 cm³/mol. The molecule has 0 amide bonds. The van der Waals surface area contributed by atoms with Gasteiger partial charge in [0.2, 0.25) is 10.0 Å². The Morgan fingerprint density at radius 3 is 2.64 bits per heavy atom. The van der Waals surface area contributed by atoms with Crippen LogP contribution < -0.4 is 5.14 Å². The van der Waals surface area contributed by atoms with E-state index in [0.29, 0.717) is 11.1 Å². The van der Waals surface area contributed by atoms with Gasteiger partial charge in [-0.05, 0) is 53.9 Å². The molecule has 7 heteroatoms. The fraction of sp³-hybridized carbons (Fsp3) is 0.167. The number of hydrogen-bond acceptors (Lipinski definition) is 5. The summed E-state index contributed by atoms with van der Waals surface area (Å²) in [5, 5.41) is 8.23. The van der Waals surface area contributed by atoms with Crippen LogP contribution in [0.2, 0.25) is 0 Å². The lowest BCUT2D eigenvalue weighted by Crippen LogP contribution is -2.16. The van der Waals surface area contributed by atoms with E-state index in [4.69, 9.17) is 9.88 Å². The number of primary sulfonamides is 1. The Morgan fingerprint density at radius 2 is 1.92 bits per heavy atom. The smallest absolute Gasteiger partial charge is 0.338 e. The van der Waals surface area contributed by atoms with Crippen molar-refractivity contribution in [3.05, 3.63) is 64.0 Å². The molecule has 2 N–H and O–H groups in total. The lowest BCUT2D eigenvalue weighted by atomic mass is 10.1. The first-order valence-electron chi connectivity index (χ1n) is 7.53. The Labute approximate surface area is 150 Å². The van der Waals surface area contributed by atoms with E-state index in [9.17, 15) is 13.2 Å². The molecule has 0 spiro atoms. The van der Waals surface area contributed by atoms with E-state index in [-0.39, 0.29) is 17.1 Å². The predicted octanol–water partition coefficient (Wildman–Crippen LogP) is 3.52. The summed E-state index contributed by atoms with van der Waals surface area (Å²) in [4.78, 5) is 12.3. The van der Waals surface area contributed by atoms with Crippen molar-refractivity contribution in [3.63, 3.8) is 0 Å². The van der Waals surface area contributed by atoms with Gasteiger partial charge in [-0.25, -0.2) is 18.4 Å². The van der Waals surface area contributed by atoms with Crippen molar-refractivity contribution in [1.82, 2.24) is 0 Å². The van der Waals surface area contributed by atoms with Gasteiger partial charge in [0.05, 0.1) is 10.5 Å². The largest absolute Gasteiger partial charge is 0.457 e. The van der Waals surface area contributed by atoms with Gasteiger partial charge in [-0.1, -0.05) is 18.2 Å². The maximum absolute atomic E-state index is 12.4. The van der Waals surface area contributed by atoms with Crippen LogP contribution in [0.5, 0.6) is 0 Å². The molecule has 0 saturated carbocycles. The van der Waals surface area contributed by atoms with E-state index in [1.165, 1.54) is 6.07 Å². The number of thiophene rings is 1. The molecule has 0 saturated heterocycles. The van der Waals surface area contributed by atoms with Crippen LogP contribution in [0, 0.1) is 13.8 Å². The van der Waals surface area contributed by atoms with Crippen LogP contribution in [0.4, 0.5) is 0 Å². The second-order valence-corrected chi connectivity index (χ2v) is 8.24. The molecule has 0 aliphatic carbocycles. The van der Waals surface area contributed by atoms with E-state index in [2.05, 4.69) is 0 Å². The van der Waals surface area contributed by atoms with Gasteiger partial charge in [-0.3, -0.25) is 0 Å². The number of sulfonamides is 1. The third kappa shape index (κ3) is 3.58. The first-order valence-corrected chi connectivity index (χ1v) is 9.96. The Balaban J connectivity index is 1.85. The molecule has 5 nitrogen and oxygen atoms in total. The summed E-state index contributed by atoms with van der Waals surface area (Å²) in [7, 11) is -3.91. The monoisotopic (exact) mass is 375 g/mol. The average molecular weight is 375 g/mol. The fourth-order valence-electron chi connectivity index (χ4n) is 2.61. The van der Waals surface area contributed by atoms with E-state index in [1.807, 2.05) is 29.6 Å². The molecule has 0 unspecified atom stereocenters. The Morgan fingerprint density at radius 1 is 1.20 bits per heavy atom. The zero-order chi connectivity index (χ0) is 18.2. The summed E-state index contributed by atoms with van der Waals surface area (Å²) < 4.78 is 29.9. The molecule has 1 heterocycles. The summed E-state index contributed by atoms with van der Waals surface area (Å²) in [6.45, 7) is 3.51. The van der Waals surface area contributed by atoms with Crippen LogP contribution in [-0.2, 0) is 21.4 Å². The minimum absolute atomic E-state index is 0.0552. The van der Waals surface area contributed by atoms with Crippen molar-refractivity contribution in [2.75, 3.05) is 0 Å². The standard InChI is InChI=1S/C18H17NO4S2/c1-11-7-13(8-17(12(11)2)25(19,21)22)18(20)23-9-14-10-24-16-6-4-3-5-15(14)16/h3-8,10H,9H2,1-2H3,(H2,19,21,22). The van der Waals surface area contributed by atoms with Crippen LogP contribution in [-0.4, -0.2) is 14.4 Å². The van der Waals surface area contributed by atoms with Gasteiger partial charge >= 0.3 is 5.97 Å². The van der Waals surface area contributed by atoms with Crippen LogP contribution in [0.1, 0.15) is 27.0 Å². The summed E-state index contributed by atoms with van der Waals surface area (Å²) in [5.41, 5.74) is 2.29. The number of rotatable bonds is 4. The van der Waals surface area contributed by atoms with Crippen LogP contribution >= 0.6 is 11.3 Å². The van der Waals surface area contributed by atoms with Gasteiger partial charge in [0, 0.05) is 10.3 Å². The summed E-state index contributed by atoms with van der Waals surface area (Å²) in [5.74, 6) is -0.580. The Kier molecular flexibility index (Phi) is 4.64. The van der Waals surface area contributed by atoms with E-state index in [0.717, 1.165) is 15.6 Å². The van der Waals surface area contributed by atoms with Crippen molar-refractivity contribution in [1.29, 1.82) is 0 Å². The van der Waals surface area contributed by atoms with Crippen molar-refractivity contribution in [3.8, 4) is 0 Å². The molecule has 2 aromatic carbocycles. The number of fused-ring (bicyclic) bond motifs is 1. The summed E-state index contributed by atoms with van der Waals surface area (Å²) in [6, 6.07) is 10.8. The molecule has 0 bridgehead atoms. The van der Waals surface area contributed by atoms with E-state index >= 15 is 0 Å². The summed E-state index contributed by atoms with van der Waals surface area (Å²) in [6.07, 6.45) is 0. The van der Waals surface area contributed by atoms with Crippen LogP contribution in [0.25, 0.3) is 10.1 Å². The quantitative estimate of drug-likeness (QED) is 0.707. The molecule has 0 aliphatic heterocycles. The van der Waals surface area contributed by atoms with Gasteiger partial charge in [0.25, 0.3) is 0 Å². The van der Waals surface area contributed by atoms with Crippen molar-refractivity contribution in [2.45, 2.75) is 25.3 Å².